The molecule has 6 rings (SSSR count). The quantitative estimate of drug-likeness (QED) is 0.712. The molecular weight excluding hydrogens is 363 g/mol. The van der Waals surface area contributed by atoms with Gasteiger partial charge in [0.05, 0.1) is 29.4 Å². The number of pyridine rings is 1. The van der Waals surface area contributed by atoms with E-state index in [1.807, 2.05) is 0 Å². The Labute approximate surface area is 159 Å². The minimum Gasteiger partial charge on any atom is -0.481 e. The van der Waals surface area contributed by atoms with Crippen LogP contribution in [0.25, 0.3) is 22.6 Å². The third kappa shape index (κ3) is 2.81. The molecule has 0 amide bonds. The van der Waals surface area contributed by atoms with Gasteiger partial charge in [-0.05, 0) is 55.9 Å². The third-order valence-corrected chi connectivity index (χ3v) is 6.33. The molecule has 0 aliphatic heterocycles. The zero-order valence-corrected chi connectivity index (χ0v) is 15.0. The predicted molar refractivity (Wildman–Crippen MR) is 96.4 cm³/mol. The van der Waals surface area contributed by atoms with Crippen molar-refractivity contribution in [3.05, 3.63) is 30.0 Å². The molecule has 2 atom stereocenters. The summed E-state index contributed by atoms with van der Waals surface area (Å²) in [6.07, 6.45) is 7.42. The van der Waals surface area contributed by atoms with Crippen LogP contribution in [-0.4, -0.2) is 41.4 Å². The summed E-state index contributed by atoms with van der Waals surface area (Å²) in [5, 5.41) is 25.2. The van der Waals surface area contributed by atoms with Gasteiger partial charge in [0.15, 0.2) is 5.65 Å². The number of halogens is 1. The van der Waals surface area contributed by atoms with E-state index >= 15 is 0 Å². The standard InChI is InChI=1S/C19H19FN6O2/c20-11-5-14-16(24-26-17(14)21-7-11)18-23-12(8-22-25-18)6-13-9-1-3-10(4-2-9)15(13)19(27)28/h5,7-10,13,15H,1-4,6H2,(H,27,28)(H,21,24,26)/t9?,10?,13-,15-/m0/s1. The smallest absolute Gasteiger partial charge is 0.307 e. The Morgan fingerprint density at radius 2 is 2.00 bits per heavy atom. The highest BCUT2D eigenvalue weighted by atomic mass is 19.1. The predicted octanol–water partition coefficient (Wildman–Crippen LogP) is 2.63. The van der Waals surface area contributed by atoms with Gasteiger partial charge in [-0.3, -0.25) is 9.89 Å². The summed E-state index contributed by atoms with van der Waals surface area (Å²) in [6.45, 7) is 0. The molecule has 0 unspecified atom stereocenters. The average molecular weight is 382 g/mol. The number of aromatic nitrogens is 6. The molecular formula is C19H19FN6O2. The Kier molecular flexibility index (Phi) is 4.03. The Morgan fingerprint density at radius 3 is 2.79 bits per heavy atom. The molecule has 0 spiro atoms. The van der Waals surface area contributed by atoms with Crippen molar-refractivity contribution >= 4 is 17.0 Å². The Morgan fingerprint density at radius 1 is 1.21 bits per heavy atom. The number of H-pyrrole nitrogens is 1. The molecule has 0 radical (unpaired) electrons. The van der Waals surface area contributed by atoms with Crippen molar-refractivity contribution < 1.29 is 14.3 Å². The number of carboxylic acids is 1. The molecule has 3 aromatic rings. The minimum absolute atomic E-state index is 0.0622. The van der Waals surface area contributed by atoms with Crippen LogP contribution in [0, 0.1) is 29.5 Å². The van der Waals surface area contributed by atoms with Gasteiger partial charge in [-0.2, -0.15) is 10.2 Å². The van der Waals surface area contributed by atoms with Crippen molar-refractivity contribution in [3.8, 4) is 11.5 Å². The maximum Gasteiger partial charge on any atom is 0.307 e. The number of hydrogen-bond acceptors (Lipinski definition) is 6. The first-order valence-corrected chi connectivity index (χ1v) is 9.51. The van der Waals surface area contributed by atoms with Crippen LogP contribution in [0.2, 0.25) is 0 Å². The first kappa shape index (κ1) is 17.2. The third-order valence-electron chi connectivity index (χ3n) is 6.33. The van der Waals surface area contributed by atoms with Crippen LogP contribution >= 0.6 is 0 Å². The molecule has 8 nitrogen and oxygen atoms in total. The van der Waals surface area contributed by atoms with Gasteiger partial charge < -0.3 is 5.11 Å². The molecule has 28 heavy (non-hydrogen) atoms. The van der Waals surface area contributed by atoms with Crippen molar-refractivity contribution in [3.63, 3.8) is 0 Å². The summed E-state index contributed by atoms with van der Waals surface area (Å²) in [6, 6.07) is 1.33. The van der Waals surface area contributed by atoms with Gasteiger partial charge in [0.25, 0.3) is 0 Å². The molecule has 3 saturated carbocycles. The fraction of sp³-hybridized carbons (Fsp3) is 0.474. The normalized spacial score (nSPS) is 26.6. The fourth-order valence-corrected chi connectivity index (χ4v) is 5.08. The lowest BCUT2D eigenvalue weighted by Crippen LogP contribution is -2.45. The fourth-order valence-electron chi connectivity index (χ4n) is 5.08. The number of nitrogens with one attached hydrogen (secondary N) is 1. The topological polar surface area (TPSA) is 118 Å². The number of carbonyl (C=O) groups is 1. The van der Waals surface area contributed by atoms with Crippen LogP contribution in [0.15, 0.2) is 18.5 Å². The molecule has 3 aliphatic carbocycles. The summed E-state index contributed by atoms with van der Waals surface area (Å²) in [5.41, 5.74) is 1.53. The lowest BCUT2D eigenvalue weighted by molar-refractivity contribution is -0.152. The Balaban J connectivity index is 1.47. The van der Waals surface area contributed by atoms with Gasteiger partial charge in [-0.1, -0.05) is 0 Å². The van der Waals surface area contributed by atoms with Crippen molar-refractivity contribution in [1.82, 2.24) is 30.4 Å². The van der Waals surface area contributed by atoms with Crippen LogP contribution in [-0.2, 0) is 11.2 Å². The highest BCUT2D eigenvalue weighted by Crippen LogP contribution is 2.50. The molecule has 9 heteroatoms. The summed E-state index contributed by atoms with van der Waals surface area (Å²) >= 11 is 0. The lowest BCUT2D eigenvalue weighted by Gasteiger charge is -2.46. The molecule has 3 aromatic heterocycles. The summed E-state index contributed by atoms with van der Waals surface area (Å²) in [7, 11) is 0. The van der Waals surface area contributed by atoms with Gasteiger partial charge in [0, 0.05) is 0 Å². The number of fused-ring (bicyclic) bond motifs is 4. The second kappa shape index (κ2) is 6.57. The number of carboxylic acid groups (broad SMARTS) is 1. The summed E-state index contributed by atoms with van der Waals surface area (Å²) in [5.74, 6) is -0.461. The number of aliphatic carboxylic acids is 1. The average Bonchev–Trinajstić information content (AvgIpc) is 3.12. The Hall–Kier alpha value is -2.97. The van der Waals surface area contributed by atoms with E-state index in [0.29, 0.717) is 40.6 Å². The van der Waals surface area contributed by atoms with Crippen LogP contribution in [0.4, 0.5) is 4.39 Å². The van der Waals surface area contributed by atoms with E-state index in [2.05, 4.69) is 30.4 Å². The van der Waals surface area contributed by atoms with Crippen LogP contribution in [0.3, 0.4) is 0 Å². The second-order valence-electron chi connectivity index (χ2n) is 7.80. The van der Waals surface area contributed by atoms with Gasteiger partial charge in [0.2, 0.25) is 5.82 Å². The van der Waals surface area contributed by atoms with Crippen molar-refractivity contribution in [1.29, 1.82) is 0 Å². The molecule has 3 heterocycles. The molecule has 0 saturated heterocycles. The number of nitrogens with zero attached hydrogens (tertiary/aromatic N) is 5. The molecule has 3 aliphatic rings. The monoisotopic (exact) mass is 382 g/mol. The van der Waals surface area contributed by atoms with E-state index in [9.17, 15) is 14.3 Å². The highest BCUT2D eigenvalue weighted by Gasteiger charge is 2.47. The van der Waals surface area contributed by atoms with Crippen LogP contribution in [0.1, 0.15) is 31.4 Å². The first-order valence-electron chi connectivity index (χ1n) is 9.51. The molecule has 2 bridgehead atoms. The number of hydrogen-bond donors (Lipinski definition) is 2. The maximum absolute atomic E-state index is 13.6. The Bertz CT molecular complexity index is 1050. The van der Waals surface area contributed by atoms with Gasteiger partial charge >= 0.3 is 5.97 Å². The van der Waals surface area contributed by atoms with E-state index in [1.54, 1.807) is 6.20 Å². The van der Waals surface area contributed by atoms with E-state index in [-0.39, 0.29) is 17.8 Å². The molecule has 3 fully saturated rings. The second-order valence-corrected chi connectivity index (χ2v) is 7.80. The SMILES string of the molecule is O=C(O)[C@H]1C2CCC(CC2)[C@@H]1Cc1cnnc(-c2[nH]nc3ncc(F)cc23)n1. The van der Waals surface area contributed by atoms with E-state index in [1.165, 1.54) is 6.07 Å². The summed E-state index contributed by atoms with van der Waals surface area (Å²) in [4.78, 5) is 20.4. The number of aromatic amines is 1. The van der Waals surface area contributed by atoms with Crippen LogP contribution in [0.5, 0.6) is 0 Å². The van der Waals surface area contributed by atoms with Crippen molar-refractivity contribution in [2.45, 2.75) is 32.1 Å². The largest absolute Gasteiger partial charge is 0.481 e. The van der Waals surface area contributed by atoms with E-state index in [0.717, 1.165) is 31.9 Å². The van der Waals surface area contributed by atoms with Gasteiger partial charge in [0.1, 0.15) is 11.5 Å². The molecule has 2 N–H and O–H groups in total. The van der Waals surface area contributed by atoms with Gasteiger partial charge in [-0.25, -0.2) is 14.4 Å². The van der Waals surface area contributed by atoms with Gasteiger partial charge in [-0.15, -0.1) is 5.10 Å². The van der Waals surface area contributed by atoms with Crippen molar-refractivity contribution in [2.75, 3.05) is 0 Å². The maximum atomic E-state index is 13.6. The zero-order valence-electron chi connectivity index (χ0n) is 15.0. The lowest BCUT2D eigenvalue weighted by atomic mass is 9.57. The van der Waals surface area contributed by atoms with Crippen molar-refractivity contribution in [2.24, 2.45) is 23.7 Å². The summed E-state index contributed by atoms with van der Waals surface area (Å²) < 4.78 is 13.6. The molecule has 144 valence electrons. The van der Waals surface area contributed by atoms with E-state index in [4.69, 9.17) is 0 Å². The van der Waals surface area contributed by atoms with E-state index < -0.39 is 11.8 Å². The van der Waals surface area contributed by atoms with Crippen LogP contribution < -0.4 is 0 Å². The first-order chi connectivity index (χ1) is 13.6. The molecule has 0 aromatic carbocycles. The zero-order chi connectivity index (χ0) is 19.3. The minimum atomic E-state index is -0.706. The number of rotatable bonds is 4. The highest BCUT2D eigenvalue weighted by molar-refractivity contribution is 5.88.